The smallest absolute Gasteiger partial charge is 0.252 e. The maximum absolute atomic E-state index is 12.5. The zero-order valence-corrected chi connectivity index (χ0v) is 15.8. The number of hydrogen-bond donors (Lipinski definition) is 1. The zero-order chi connectivity index (χ0) is 18.1. The minimum atomic E-state index is -0.0417. The molecule has 2 aromatic rings. The van der Waals surface area contributed by atoms with Gasteiger partial charge in [-0.15, -0.1) is 18.3 Å². The summed E-state index contributed by atoms with van der Waals surface area (Å²) in [5.41, 5.74) is 3.03. The first-order valence-electron chi connectivity index (χ1n) is 8.64. The number of carbonyl (C=O) groups excluding carboxylic acids is 1. The predicted octanol–water partition coefficient (Wildman–Crippen LogP) is 4.74. The van der Waals surface area contributed by atoms with Gasteiger partial charge in [-0.05, 0) is 43.7 Å². The molecule has 2 rings (SSSR count). The van der Waals surface area contributed by atoms with Crippen LogP contribution in [-0.2, 0) is 6.54 Å². The van der Waals surface area contributed by atoms with Crippen LogP contribution < -0.4 is 10.2 Å². The summed E-state index contributed by atoms with van der Waals surface area (Å²) in [5, 5.41) is 3.02. The van der Waals surface area contributed by atoms with Crippen molar-refractivity contribution < 1.29 is 4.79 Å². The van der Waals surface area contributed by atoms with Crippen molar-refractivity contribution >= 4 is 23.4 Å². The fraction of sp³-hybridized carbons (Fsp3) is 0.286. The van der Waals surface area contributed by atoms with Gasteiger partial charge in [0.2, 0.25) is 0 Å². The number of anilines is 1. The van der Waals surface area contributed by atoms with Crippen molar-refractivity contribution in [1.29, 1.82) is 0 Å². The van der Waals surface area contributed by atoms with Crippen molar-refractivity contribution in [3.63, 3.8) is 0 Å². The lowest BCUT2D eigenvalue weighted by Gasteiger charge is -2.21. The first-order valence-corrected chi connectivity index (χ1v) is 9.63. The van der Waals surface area contributed by atoms with Crippen molar-refractivity contribution in [2.45, 2.75) is 25.3 Å². The molecule has 0 aliphatic heterocycles. The number of benzene rings is 2. The fourth-order valence-corrected chi connectivity index (χ4v) is 3.41. The van der Waals surface area contributed by atoms with Crippen LogP contribution in [0, 0.1) is 0 Å². The molecule has 0 spiro atoms. The van der Waals surface area contributed by atoms with Crippen LogP contribution >= 0.6 is 11.8 Å². The Kier molecular flexibility index (Phi) is 7.61. The van der Waals surface area contributed by atoms with E-state index in [0.29, 0.717) is 12.1 Å². The van der Waals surface area contributed by atoms with Crippen LogP contribution in [-0.4, -0.2) is 24.7 Å². The third kappa shape index (κ3) is 5.40. The normalized spacial score (nSPS) is 10.3. The lowest BCUT2D eigenvalue weighted by molar-refractivity contribution is 0.0948. The van der Waals surface area contributed by atoms with Gasteiger partial charge < -0.3 is 10.2 Å². The Morgan fingerprint density at radius 3 is 2.44 bits per heavy atom. The Labute approximate surface area is 155 Å². The summed E-state index contributed by atoms with van der Waals surface area (Å²) in [5.74, 6) is 0.747. The molecule has 0 unspecified atom stereocenters. The number of thioether (sulfide) groups is 1. The second-order valence-electron chi connectivity index (χ2n) is 5.62. The number of rotatable bonds is 9. The molecule has 0 aliphatic carbocycles. The molecule has 0 heterocycles. The highest BCUT2D eigenvalue weighted by Crippen LogP contribution is 2.22. The van der Waals surface area contributed by atoms with E-state index in [-0.39, 0.29) is 5.91 Å². The SMILES string of the molecule is C=CCSc1ccccc1C(=O)NCc1ccc(N(CC)CC)cc1. The second kappa shape index (κ2) is 9.94. The summed E-state index contributed by atoms with van der Waals surface area (Å²) >= 11 is 1.62. The summed E-state index contributed by atoms with van der Waals surface area (Å²) in [6, 6.07) is 16.1. The molecule has 1 N–H and O–H groups in total. The van der Waals surface area contributed by atoms with Crippen LogP contribution in [0.1, 0.15) is 29.8 Å². The quantitative estimate of drug-likeness (QED) is 0.521. The monoisotopic (exact) mass is 354 g/mol. The summed E-state index contributed by atoms with van der Waals surface area (Å²) < 4.78 is 0. The molecule has 3 nitrogen and oxygen atoms in total. The van der Waals surface area contributed by atoms with E-state index in [1.807, 2.05) is 30.3 Å². The van der Waals surface area contributed by atoms with E-state index in [1.54, 1.807) is 11.8 Å². The van der Waals surface area contributed by atoms with E-state index in [9.17, 15) is 4.79 Å². The van der Waals surface area contributed by atoms with Crippen LogP contribution in [0.3, 0.4) is 0 Å². The van der Waals surface area contributed by atoms with E-state index in [1.165, 1.54) is 5.69 Å². The van der Waals surface area contributed by atoms with Gasteiger partial charge in [0.05, 0.1) is 5.56 Å². The molecule has 4 heteroatoms. The molecular formula is C21H26N2OS. The molecule has 0 saturated heterocycles. The summed E-state index contributed by atoms with van der Waals surface area (Å²) in [7, 11) is 0. The molecule has 25 heavy (non-hydrogen) atoms. The number of hydrogen-bond acceptors (Lipinski definition) is 3. The van der Waals surface area contributed by atoms with Gasteiger partial charge in [-0.1, -0.05) is 30.3 Å². The highest BCUT2D eigenvalue weighted by atomic mass is 32.2. The summed E-state index contributed by atoms with van der Waals surface area (Å²) in [4.78, 5) is 15.8. The molecule has 2 aromatic carbocycles. The Bertz CT molecular complexity index is 693. The van der Waals surface area contributed by atoms with Gasteiger partial charge in [0.25, 0.3) is 5.91 Å². The minimum Gasteiger partial charge on any atom is -0.372 e. The molecule has 0 aromatic heterocycles. The highest BCUT2D eigenvalue weighted by molar-refractivity contribution is 7.99. The van der Waals surface area contributed by atoms with Gasteiger partial charge in [-0.2, -0.15) is 0 Å². The van der Waals surface area contributed by atoms with E-state index >= 15 is 0 Å². The van der Waals surface area contributed by atoms with Gasteiger partial charge >= 0.3 is 0 Å². The highest BCUT2D eigenvalue weighted by Gasteiger charge is 2.10. The van der Waals surface area contributed by atoms with E-state index in [0.717, 1.165) is 29.3 Å². The van der Waals surface area contributed by atoms with Crippen molar-refractivity contribution in [2.75, 3.05) is 23.7 Å². The van der Waals surface area contributed by atoms with Crippen LogP contribution in [0.2, 0.25) is 0 Å². The van der Waals surface area contributed by atoms with Gasteiger partial charge in [0.15, 0.2) is 0 Å². The standard InChI is InChI=1S/C21H26N2OS/c1-4-15-25-20-10-8-7-9-19(20)21(24)22-16-17-11-13-18(14-12-17)23(5-2)6-3/h4,7-14H,1,5-6,15-16H2,2-3H3,(H,22,24). The molecule has 0 bridgehead atoms. The summed E-state index contributed by atoms with van der Waals surface area (Å²) in [6.07, 6.45) is 1.84. The zero-order valence-electron chi connectivity index (χ0n) is 15.0. The Morgan fingerprint density at radius 1 is 1.12 bits per heavy atom. The number of carbonyl (C=O) groups is 1. The van der Waals surface area contributed by atoms with Gasteiger partial charge in [-0.3, -0.25) is 4.79 Å². The van der Waals surface area contributed by atoms with Crippen molar-refractivity contribution in [3.8, 4) is 0 Å². The van der Waals surface area contributed by atoms with E-state index < -0.39 is 0 Å². The molecule has 0 atom stereocenters. The number of nitrogens with zero attached hydrogens (tertiary/aromatic N) is 1. The molecule has 0 saturated carbocycles. The molecule has 1 amide bonds. The summed E-state index contributed by atoms with van der Waals surface area (Å²) in [6.45, 7) is 10.5. The third-order valence-electron chi connectivity index (χ3n) is 4.01. The minimum absolute atomic E-state index is 0.0417. The topological polar surface area (TPSA) is 32.3 Å². The molecule has 0 aliphatic rings. The maximum atomic E-state index is 12.5. The van der Waals surface area contributed by atoms with Gasteiger partial charge in [0, 0.05) is 36.0 Å². The first kappa shape index (κ1) is 19.1. The maximum Gasteiger partial charge on any atom is 0.252 e. The van der Waals surface area contributed by atoms with Crippen LogP contribution in [0.5, 0.6) is 0 Å². The lowest BCUT2D eigenvalue weighted by atomic mass is 10.1. The molecular weight excluding hydrogens is 328 g/mol. The average Bonchev–Trinajstić information content (AvgIpc) is 2.66. The fourth-order valence-electron chi connectivity index (χ4n) is 2.62. The van der Waals surface area contributed by atoms with Crippen LogP contribution in [0.4, 0.5) is 5.69 Å². The lowest BCUT2D eigenvalue weighted by Crippen LogP contribution is -2.24. The number of nitrogens with one attached hydrogen (secondary N) is 1. The van der Waals surface area contributed by atoms with Crippen LogP contribution in [0.15, 0.2) is 66.1 Å². The number of amides is 1. The van der Waals surface area contributed by atoms with Crippen LogP contribution in [0.25, 0.3) is 0 Å². The second-order valence-corrected chi connectivity index (χ2v) is 6.68. The van der Waals surface area contributed by atoms with Crippen molar-refractivity contribution in [3.05, 3.63) is 72.3 Å². The molecule has 0 fully saturated rings. The Hall–Kier alpha value is -2.20. The third-order valence-corrected chi connectivity index (χ3v) is 5.08. The van der Waals surface area contributed by atoms with E-state index in [4.69, 9.17) is 0 Å². The molecule has 0 radical (unpaired) electrons. The predicted molar refractivity (Wildman–Crippen MR) is 109 cm³/mol. The van der Waals surface area contributed by atoms with Gasteiger partial charge in [-0.25, -0.2) is 0 Å². The Balaban J connectivity index is 1.99. The van der Waals surface area contributed by atoms with Crippen molar-refractivity contribution in [1.82, 2.24) is 5.32 Å². The molecule has 132 valence electrons. The Morgan fingerprint density at radius 2 is 1.80 bits per heavy atom. The first-order chi connectivity index (χ1) is 12.2. The average molecular weight is 355 g/mol. The largest absolute Gasteiger partial charge is 0.372 e. The van der Waals surface area contributed by atoms with E-state index in [2.05, 4.69) is 54.9 Å². The van der Waals surface area contributed by atoms with Crippen molar-refractivity contribution in [2.24, 2.45) is 0 Å². The van der Waals surface area contributed by atoms with Gasteiger partial charge in [0.1, 0.15) is 0 Å².